The highest BCUT2D eigenvalue weighted by Crippen LogP contribution is 2.36. The van der Waals surface area contributed by atoms with E-state index in [0.717, 1.165) is 15.7 Å². The van der Waals surface area contributed by atoms with E-state index >= 15 is 0 Å². The fourth-order valence-electron chi connectivity index (χ4n) is 2.38. The highest BCUT2D eigenvalue weighted by Gasteiger charge is 2.27. The van der Waals surface area contributed by atoms with Gasteiger partial charge in [-0.2, -0.15) is 0 Å². The average molecular weight is 333 g/mol. The van der Waals surface area contributed by atoms with E-state index in [0.29, 0.717) is 12.6 Å². The number of nitrogens with zero attached hydrogens (tertiary/aromatic N) is 2. The van der Waals surface area contributed by atoms with Crippen LogP contribution in [0.3, 0.4) is 0 Å². The number of carbonyl (C=O) groups excluding carboxylic acids is 1. The van der Waals surface area contributed by atoms with Gasteiger partial charge in [0.05, 0.1) is 0 Å². The number of aromatic nitrogens is 1. The number of halogens is 1. The molecule has 1 aliphatic rings. The molecule has 0 spiro atoms. The van der Waals surface area contributed by atoms with Gasteiger partial charge < -0.3 is 9.47 Å². The minimum atomic E-state index is 0.0878. The monoisotopic (exact) mass is 332 g/mol. The topological polar surface area (TPSA) is 25.2 Å². The Labute approximate surface area is 127 Å². The Morgan fingerprint density at radius 1 is 1.30 bits per heavy atom. The maximum Gasteiger partial charge on any atom is 0.270 e. The van der Waals surface area contributed by atoms with Gasteiger partial charge in [0.25, 0.3) is 5.91 Å². The van der Waals surface area contributed by atoms with E-state index in [1.54, 1.807) is 4.90 Å². The van der Waals surface area contributed by atoms with Gasteiger partial charge in [0.15, 0.2) is 0 Å². The van der Waals surface area contributed by atoms with Gasteiger partial charge in [0.1, 0.15) is 5.69 Å². The summed E-state index contributed by atoms with van der Waals surface area (Å²) in [6.07, 6.45) is 4.38. The lowest BCUT2D eigenvalue weighted by Crippen LogP contribution is -2.28. The molecule has 1 aliphatic carbocycles. The van der Waals surface area contributed by atoms with Gasteiger partial charge in [-0.25, -0.2) is 0 Å². The molecule has 1 aromatic carbocycles. The number of benzene rings is 1. The van der Waals surface area contributed by atoms with Crippen molar-refractivity contribution >= 4 is 21.8 Å². The van der Waals surface area contributed by atoms with Crippen molar-refractivity contribution in [1.82, 2.24) is 9.47 Å². The Morgan fingerprint density at radius 2 is 2.00 bits per heavy atom. The highest BCUT2D eigenvalue weighted by molar-refractivity contribution is 9.10. The Balaban J connectivity index is 1.72. The van der Waals surface area contributed by atoms with Gasteiger partial charge in [-0.1, -0.05) is 28.1 Å². The van der Waals surface area contributed by atoms with Crippen LogP contribution in [0.25, 0.3) is 0 Å². The second-order valence-corrected chi connectivity index (χ2v) is 6.24. The van der Waals surface area contributed by atoms with Crippen LogP contribution in [0.1, 0.15) is 34.9 Å². The van der Waals surface area contributed by atoms with Crippen LogP contribution in [-0.4, -0.2) is 22.4 Å². The summed E-state index contributed by atoms with van der Waals surface area (Å²) in [6, 6.07) is 12.5. The SMILES string of the molecule is CN(Cc1ccc(Br)cc1)C(=O)c1cccn1C1CC1. The molecule has 1 saturated carbocycles. The fourth-order valence-corrected chi connectivity index (χ4v) is 2.64. The summed E-state index contributed by atoms with van der Waals surface area (Å²) in [6.45, 7) is 0.627. The predicted octanol–water partition coefficient (Wildman–Crippen LogP) is 3.86. The second-order valence-electron chi connectivity index (χ2n) is 5.32. The van der Waals surface area contributed by atoms with Gasteiger partial charge in [-0.15, -0.1) is 0 Å². The van der Waals surface area contributed by atoms with E-state index in [9.17, 15) is 4.79 Å². The number of amides is 1. The van der Waals surface area contributed by atoms with Gasteiger partial charge in [0, 0.05) is 30.3 Å². The van der Waals surface area contributed by atoms with Crippen LogP contribution in [0.5, 0.6) is 0 Å². The number of hydrogen-bond acceptors (Lipinski definition) is 1. The van der Waals surface area contributed by atoms with Crippen molar-refractivity contribution in [2.75, 3.05) is 7.05 Å². The minimum absolute atomic E-state index is 0.0878. The van der Waals surface area contributed by atoms with Crippen molar-refractivity contribution in [3.05, 3.63) is 58.3 Å². The fraction of sp³-hybridized carbons (Fsp3) is 0.312. The molecule has 1 fully saturated rings. The Kier molecular flexibility index (Phi) is 3.66. The summed E-state index contributed by atoms with van der Waals surface area (Å²) < 4.78 is 3.17. The van der Waals surface area contributed by atoms with Gasteiger partial charge in [-0.05, 0) is 42.7 Å². The van der Waals surface area contributed by atoms with Gasteiger partial charge in [0.2, 0.25) is 0 Å². The molecule has 0 saturated heterocycles. The van der Waals surface area contributed by atoms with Gasteiger partial charge >= 0.3 is 0 Å². The summed E-state index contributed by atoms with van der Waals surface area (Å²) >= 11 is 3.42. The lowest BCUT2D eigenvalue weighted by Gasteiger charge is -2.18. The van der Waals surface area contributed by atoms with Crippen molar-refractivity contribution < 1.29 is 4.79 Å². The molecule has 104 valence electrons. The third-order valence-corrected chi connectivity index (χ3v) is 4.15. The standard InChI is InChI=1S/C16H17BrN2O/c1-18(11-12-4-6-13(17)7-5-12)16(20)15-3-2-10-19(15)14-8-9-14/h2-7,10,14H,8-9,11H2,1H3. The Hall–Kier alpha value is -1.55. The predicted molar refractivity (Wildman–Crippen MR) is 82.6 cm³/mol. The Bertz CT molecular complexity index is 614. The van der Waals surface area contributed by atoms with Crippen molar-refractivity contribution in [1.29, 1.82) is 0 Å². The van der Waals surface area contributed by atoms with Crippen LogP contribution in [0.4, 0.5) is 0 Å². The summed E-state index contributed by atoms with van der Waals surface area (Å²) in [5.41, 5.74) is 1.93. The molecular formula is C16H17BrN2O. The van der Waals surface area contributed by atoms with Crippen molar-refractivity contribution in [2.24, 2.45) is 0 Å². The average Bonchev–Trinajstić information content (AvgIpc) is 3.18. The van der Waals surface area contributed by atoms with Crippen LogP contribution in [0, 0.1) is 0 Å². The quantitative estimate of drug-likeness (QED) is 0.834. The molecule has 1 aromatic heterocycles. The smallest absolute Gasteiger partial charge is 0.270 e. The molecule has 2 aromatic rings. The molecule has 3 nitrogen and oxygen atoms in total. The number of carbonyl (C=O) groups is 1. The van der Waals surface area contributed by atoms with Crippen LogP contribution < -0.4 is 0 Å². The summed E-state index contributed by atoms with van der Waals surface area (Å²) in [5, 5.41) is 0. The van der Waals surface area contributed by atoms with E-state index in [1.165, 1.54) is 12.8 Å². The molecule has 0 atom stereocenters. The number of rotatable bonds is 4. The summed E-state index contributed by atoms with van der Waals surface area (Å²) in [5.74, 6) is 0.0878. The molecule has 0 radical (unpaired) electrons. The molecule has 0 bridgehead atoms. The maximum absolute atomic E-state index is 12.5. The lowest BCUT2D eigenvalue weighted by molar-refractivity contribution is 0.0774. The first-order valence-electron chi connectivity index (χ1n) is 6.82. The van der Waals surface area contributed by atoms with Crippen LogP contribution in [0.15, 0.2) is 47.1 Å². The third-order valence-electron chi connectivity index (χ3n) is 3.62. The molecule has 0 unspecified atom stereocenters. The molecule has 0 N–H and O–H groups in total. The number of hydrogen-bond donors (Lipinski definition) is 0. The first-order valence-corrected chi connectivity index (χ1v) is 7.61. The Morgan fingerprint density at radius 3 is 2.65 bits per heavy atom. The maximum atomic E-state index is 12.5. The second kappa shape index (κ2) is 5.44. The first-order chi connectivity index (χ1) is 9.65. The zero-order chi connectivity index (χ0) is 14.1. The van der Waals surface area contributed by atoms with Crippen LogP contribution >= 0.6 is 15.9 Å². The molecule has 0 aliphatic heterocycles. The van der Waals surface area contributed by atoms with Crippen molar-refractivity contribution in [2.45, 2.75) is 25.4 Å². The first kappa shape index (κ1) is 13.4. The van der Waals surface area contributed by atoms with E-state index in [-0.39, 0.29) is 5.91 Å². The molecule has 3 rings (SSSR count). The van der Waals surface area contributed by atoms with E-state index in [1.807, 2.05) is 49.6 Å². The van der Waals surface area contributed by atoms with E-state index in [2.05, 4.69) is 20.5 Å². The minimum Gasteiger partial charge on any atom is -0.340 e. The van der Waals surface area contributed by atoms with Crippen molar-refractivity contribution in [3.8, 4) is 0 Å². The molecule has 20 heavy (non-hydrogen) atoms. The lowest BCUT2D eigenvalue weighted by atomic mass is 10.2. The normalized spacial score (nSPS) is 14.3. The van der Waals surface area contributed by atoms with Crippen molar-refractivity contribution in [3.63, 3.8) is 0 Å². The largest absolute Gasteiger partial charge is 0.340 e. The van der Waals surface area contributed by atoms with Crippen LogP contribution in [0.2, 0.25) is 0 Å². The molecule has 1 amide bonds. The summed E-state index contributed by atoms with van der Waals surface area (Å²) in [4.78, 5) is 14.3. The zero-order valence-corrected chi connectivity index (χ0v) is 13.0. The van der Waals surface area contributed by atoms with E-state index in [4.69, 9.17) is 0 Å². The molecular weight excluding hydrogens is 316 g/mol. The molecule has 4 heteroatoms. The zero-order valence-electron chi connectivity index (χ0n) is 11.4. The summed E-state index contributed by atoms with van der Waals surface area (Å²) in [7, 11) is 1.86. The molecule has 1 heterocycles. The van der Waals surface area contributed by atoms with Gasteiger partial charge in [-0.3, -0.25) is 4.79 Å². The van der Waals surface area contributed by atoms with Crippen LogP contribution in [-0.2, 0) is 6.54 Å². The highest BCUT2D eigenvalue weighted by atomic mass is 79.9. The van der Waals surface area contributed by atoms with E-state index < -0.39 is 0 Å². The third kappa shape index (κ3) is 2.80.